The number of aromatic nitrogens is 2. The highest BCUT2D eigenvalue weighted by Crippen LogP contribution is 2.23. The van der Waals surface area contributed by atoms with E-state index in [1.165, 1.54) is 11.1 Å². The summed E-state index contributed by atoms with van der Waals surface area (Å²) in [6.07, 6.45) is 4.93. The van der Waals surface area contributed by atoms with Crippen LogP contribution in [-0.2, 0) is 6.42 Å². The molecule has 4 rings (SSSR count). The summed E-state index contributed by atoms with van der Waals surface area (Å²) < 4.78 is 2.05. The SMILES string of the molecule is CN=C(NCCc1cn2ccccc2n1)NCC(c1ccccc1)c1ccccc1.I. The van der Waals surface area contributed by atoms with Crippen molar-refractivity contribution < 1.29 is 0 Å². The normalized spacial score (nSPS) is 11.4. The summed E-state index contributed by atoms with van der Waals surface area (Å²) in [5.41, 5.74) is 4.62. The predicted molar refractivity (Wildman–Crippen MR) is 138 cm³/mol. The minimum Gasteiger partial charge on any atom is -0.356 e. The fourth-order valence-corrected chi connectivity index (χ4v) is 3.63. The van der Waals surface area contributed by atoms with Gasteiger partial charge in [0.05, 0.1) is 5.69 Å². The summed E-state index contributed by atoms with van der Waals surface area (Å²) in [6.45, 7) is 1.53. The molecule has 0 saturated carbocycles. The molecule has 0 aliphatic heterocycles. The maximum absolute atomic E-state index is 4.65. The van der Waals surface area contributed by atoms with Gasteiger partial charge in [-0.15, -0.1) is 24.0 Å². The van der Waals surface area contributed by atoms with Crippen molar-refractivity contribution >= 4 is 35.6 Å². The van der Waals surface area contributed by atoms with Crippen molar-refractivity contribution in [1.82, 2.24) is 20.0 Å². The van der Waals surface area contributed by atoms with Crippen LogP contribution in [0.25, 0.3) is 5.65 Å². The lowest BCUT2D eigenvalue weighted by Gasteiger charge is -2.20. The Kier molecular flexibility index (Phi) is 8.46. The van der Waals surface area contributed by atoms with E-state index in [0.717, 1.165) is 36.8 Å². The number of nitrogens with zero attached hydrogens (tertiary/aromatic N) is 3. The van der Waals surface area contributed by atoms with Crippen LogP contribution in [0.2, 0.25) is 0 Å². The van der Waals surface area contributed by atoms with Gasteiger partial charge in [-0.1, -0.05) is 66.7 Å². The van der Waals surface area contributed by atoms with E-state index in [1.807, 2.05) is 28.8 Å². The zero-order chi connectivity index (χ0) is 20.6. The third-order valence-electron chi connectivity index (χ3n) is 5.19. The number of imidazole rings is 1. The van der Waals surface area contributed by atoms with Crippen molar-refractivity contribution in [2.24, 2.45) is 4.99 Å². The van der Waals surface area contributed by atoms with Crippen molar-refractivity contribution in [2.75, 3.05) is 20.1 Å². The summed E-state index contributed by atoms with van der Waals surface area (Å²) in [4.78, 5) is 9.04. The van der Waals surface area contributed by atoms with Crippen molar-refractivity contribution in [3.8, 4) is 0 Å². The van der Waals surface area contributed by atoms with Crippen LogP contribution in [-0.4, -0.2) is 35.5 Å². The number of nitrogens with one attached hydrogen (secondary N) is 2. The van der Waals surface area contributed by atoms with Gasteiger partial charge in [-0.05, 0) is 23.3 Å². The van der Waals surface area contributed by atoms with Gasteiger partial charge in [0.25, 0.3) is 0 Å². The molecule has 2 aromatic heterocycles. The standard InChI is InChI=1S/C25H27N5.HI/c1-26-25(27-16-15-22-19-30-17-9-8-14-24(30)29-22)28-18-23(20-10-4-2-5-11-20)21-12-6-3-7-13-21;/h2-14,17,19,23H,15-16,18H2,1H3,(H2,26,27,28);1H. The van der Waals surface area contributed by atoms with Crippen LogP contribution in [0, 0.1) is 0 Å². The lowest BCUT2D eigenvalue weighted by molar-refractivity contribution is 0.724. The highest BCUT2D eigenvalue weighted by atomic mass is 127. The fourth-order valence-electron chi connectivity index (χ4n) is 3.63. The van der Waals surface area contributed by atoms with Crippen molar-refractivity contribution in [3.05, 3.63) is 108 Å². The van der Waals surface area contributed by atoms with E-state index in [1.54, 1.807) is 7.05 Å². The van der Waals surface area contributed by atoms with Crippen LogP contribution in [0.15, 0.2) is 96.2 Å². The smallest absolute Gasteiger partial charge is 0.191 e. The number of fused-ring (bicyclic) bond motifs is 1. The van der Waals surface area contributed by atoms with E-state index in [0.29, 0.717) is 0 Å². The average molecular weight is 525 g/mol. The average Bonchev–Trinajstić information content (AvgIpc) is 3.22. The third-order valence-corrected chi connectivity index (χ3v) is 5.19. The van der Waals surface area contributed by atoms with Crippen LogP contribution in [0.5, 0.6) is 0 Å². The van der Waals surface area contributed by atoms with Crippen LogP contribution in [0.1, 0.15) is 22.7 Å². The first-order chi connectivity index (χ1) is 14.8. The number of benzene rings is 2. The first-order valence-corrected chi connectivity index (χ1v) is 10.3. The molecule has 0 amide bonds. The van der Waals surface area contributed by atoms with Crippen molar-refractivity contribution in [3.63, 3.8) is 0 Å². The predicted octanol–water partition coefficient (Wildman–Crippen LogP) is 4.49. The second kappa shape index (κ2) is 11.5. The Bertz CT molecular complexity index is 1020. The molecule has 0 saturated heterocycles. The Hall–Kier alpha value is -2.87. The first kappa shape index (κ1) is 22.8. The molecule has 0 fully saturated rings. The lowest BCUT2D eigenvalue weighted by atomic mass is 9.91. The molecule has 4 aromatic rings. The van der Waals surface area contributed by atoms with Crippen molar-refractivity contribution in [2.45, 2.75) is 12.3 Å². The molecule has 0 bridgehead atoms. The lowest BCUT2D eigenvalue weighted by Crippen LogP contribution is -2.40. The summed E-state index contributed by atoms with van der Waals surface area (Å²) in [5, 5.41) is 6.90. The van der Waals surface area contributed by atoms with Crippen LogP contribution >= 0.6 is 24.0 Å². The molecule has 6 heteroatoms. The molecule has 5 nitrogen and oxygen atoms in total. The molecule has 0 radical (unpaired) electrons. The molecule has 2 N–H and O–H groups in total. The largest absolute Gasteiger partial charge is 0.356 e. The van der Waals surface area contributed by atoms with E-state index in [9.17, 15) is 0 Å². The highest BCUT2D eigenvalue weighted by Gasteiger charge is 2.14. The molecule has 0 spiro atoms. The third kappa shape index (κ3) is 6.07. The molecule has 2 aromatic carbocycles. The minimum atomic E-state index is 0. The number of guanidine groups is 1. The van der Waals surface area contributed by atoms with Gasteiger partial charge in [0.15, 0.2) is 5.96 Å². The van der Waals surface area contributed by atoms with Gasteiger partial charge in [-0.25, -0.2) is 4.98 Å². The van der Waals surface area contributed by atoms with Gasteiger partial charge >= 0.3 is 0 Å². The summed E-state index contributed by atoms with van der Waals surface area (Å²) in [5.74, 6) is 1.06. The number of rotatable bonds is 7. The summed E-state index contributed by atoms with van der Waals surface area (Å²) in [6, 6.07) is 27.2. The van der Waals surface area contributed by atoms with Crippen LogP contribution < -0.4 is 10.6 Å². The van der Waals surface area contributed by atoms with Gasteiger partial charge in [0.2, 0.25) is 0 Å². The summed E-state index contributed by atoms with van der Waals surface area (Å²) in [7, 11) is 1.81. The molecule has 0 aliphatic carbocycles. The van der Waals surface area contributed by atoms with E-state index >= 15 is 0 Å². The van der Waals surface area contributed by atoms with Gasteiger partial charge in [0.1, 0.15) is 5.65 Å². The second-order valence-corrected chi connectivity index (χ2v) is 7.20. The monoisotopic (exact) mass is 525 g/mol. The van der Waals surface area contributed by atoms with Gasteiger partial charge in [-0.2, -0.15) is 0 Å². The Morgan fingerprint density at radius 2 is 1.55 bits per heavy atom. The minimum absolute atomic E-state index is 0. The number of aliphatic imine (C=N–C) groups is 1. The molecule has 2 heterocycles. The zero-order valence-corrected chi connectivity index (χ0v) is 19.9. The quantitative estimate of drug-likeness (QED) is 0.213. The molecular weight excluding hydrogens is 497 g/mol. The van der Waals surface area contributed by atoms with Crippen molar-refractivity contribution in [1.29, 1.82) is 0 Å². The van der Waals surface area contributed by atoms with E-state index in [2.05, 4.69) is 87.5 Å². The highest BCUT2D eigenvalue weighted by molar-refractivity contribution is 14.0. The number of hydrogen-bond donors (Lipinski definition) is 2. The maximum Gasteiger partial charge on any atom is 0.191 e. The van der Waals surface area contributed by atoms with Crippen LogP contribution in [0.4, 0.5) is 0 Å². The Labute approximate surface area is 200 Å². The second-order valence-electron chi connectivity index (χ2n) is 7.20. The number of pyridine rings is 1. The first-order valence-electron chi connectivity index (χ1n) is 10.3. The Morgan fingerprint density at radius 3 is 2.16 bits per heavy atom. The fraction of sp³-hybridized carbons (Fsp3) is 0.200. The molecular formula is C25H28IN5. The van der Waals surface area contributed by atoms with Gasteiger partial charge in [-0.3, -0.25) is 4.99 Å². The maximum atomic E-state index is 4.65. The van der Waals surface area contributed by atoms with E-state index < -0.39 is 0 Å². The molecule has 0 atom stereocenters. The molecule has 31 heavy (non-hydrogen) atoms. The van der Waals surface area contributed by atoms with E-state index in [-0.39, 0.29) is 29.9 Å². The molecule has 0 aliphatic rings. The Balaban J connectivity index is 0.00000272. The van der Waals surface area contributed by atoms with Gasteiger partial charge < -0.3 is 15.0 Å². The topological polar surface area (TPSA) is 53.7 Å². The van der Waals surface area contributed by atoms with Crippen LogP contribution in [0.3, 0.4) is 0 Å². The summed E-state index contributed by atoms with van der Waals surface area (Å²) >= 11 is 0. The Morgan fingerprint density at radius 1 is 0.903 bits per heavy atom. The number of hydrogen-bond acceptors (Lipinski definition) is 2. The number of halogens is 1. The van der Waals surface area contributed by atoms with E-state index in [4.69, 9.17) is 0 Å². The zero-order valence-electron chi connectivity index (χ0n) is 17.6. The molecule has 0 unspecified atom stereocenters. The van der Waals surface area contributed by atoms with Gasteiger partial charge in [0, 0.05) is 44.9 Å². The molecule has 160 valence electrons.